The Morgan fingerprint density at radius 1 is 1.00 bits per heavy atom. The highest BCUT2D eigenvalue weighted by molar-refractivity contribution is 5.83. The van der Waals surface area contributed by atoms with Crippen molar-refractivity contribution in [3.8, 4) is 0 Å². The predicted molar refractivity (Wildman–Crippen MR) is 84.4 cm³/mol. The maximum absolute atomic E-state index is 11.7. The molecule has 0 rings (SSSR count). The van der Waals surface area contributed by atoms with Crippen molar-refractivity contribution < 1.29 is 19.4 Å². The number of carboxylic acids is 1. The average Bonchev–Trinajstić information content (AvgIpc) is 2.38. The van der Waals surface area contributed by atoms with Crippen molar-refractivity contribution in [3.05, 3.63) is 12.2 Å². The van der Waals surface area contributed by atoms with Crippen molar-refractivity contribution in [1.29, 1.82) is 0 Å². The summed E-state index contributed by atoms with van der Waals surface area (Å²) in [5, 5.41) is 8.38. The number of aliphatic carboxylic acids is 1. The maximum atomic E-state index is 11.7. The van der Waals surface area contributed by atoms with Crippen LogP contribution in [0.5, 0.6) is 0 Å². The number of hydrogen-bond acceptors (Lipinski definition) is 3. The Bertz CT molecular complexity index is 326. The number of carbonyl (C=O) groups is 2. The lowest BCUT2D eigenvalue weighted by Gasteiger charge is -2.15. The van der Waals surface area contributed by atoms with Crippen LogP contribution in [0.2, 0.25) is 0 Å². The van der Waals surface area contributed by atoms with Crippen LogP contribution in [0.3, 0.4) is 0 Å². The largest absolute Gasteiger partial charge is 0.480 e. The van der Waals surface area contributed by atoms with Crippen molar-refractivity contribution >= 4 is 11.8 Å². The van der Waals surface area contributed by atoms with Gasteiger partial charge in [0.2, 0.25) is 0 Å². The molecule has 0 aromatic rings. The van der Waals surface area contributed by atoms with Crippen LogP contribution in [0, 0.1) is 5.41 Å². The summed E-state index contributed by atoms with van der Waals surface area (Å²) in [5.41, 5.74) is -0.216. The molecule has 0 saturated carbocycles. The highest BCUT2D eigenvalue weighted by Gasteiger charge is 2.19. The second-order valence-electron chi connectivity index (χ2n) is 6.33. The van der Waals surface area contributed by atoms with Gasteiger partial charge in [-0.2, -0.15) is 0 Å². The zero-order valence-corrected chi connectivity index (χ0v) is 13.7. The molecule has 0 fully saturated rings. The smallest absolute Gasteiger partial charge is 0.329 e. The number of Topliss-reactive ketones (excluding diaryl/α,β-unsaturated/α-hetero) is 1. The standard InChI is InChI=1S/C17H30O4/c1-17(2,3)15(18)12-10-8-6-4-5-7-9-11-13-21-14-16(19)20/h4,6H,5,7-14H2,1-3H3,(H,19,20)/b6-4-. The molecule has 4 nitrogen and oxygen atoms in total. The molecule has 0 radical (unpaired) electrons. The van der Waals surface area contributed by atoms with E-state index in [1.807, 2.05) is 20.8 Å². The van der Waals surface area contributed by atoms with E-state index in [4.69, 9.17) is 9.84 Å². The summed E-state index contributed by atoms with van der Waals surface area (Å²) < 4.78 is 4.96. The van der Waals surface area contributed by atoms with Gasteiger partial charge >= 0.3 is 5.97 Å². The molecule has 4 heteroatoms. The SMILES string of the molecule is CC(C)(C)C(=O)CCC/C=C\CCCCCOCC(=O)O. The normalized spacial score (nSPS) is 12.0. The molecule has 0 aliphatic rings. The van der Waals surface area contributed by atoms with Gasteiger partial charge in [-0.25, -0.2) is 4.79 Å². The van der Waals surface area contributed by atoms with Gasteiger partial charge in [0.05, 0.1) is 0 Å². The van der Waals surface area contributed by atoms with Crippen molar-refractivity contribution in [2.24, 2.45) is 5.41 Å². The van der Waals surface area contributed by atoms with Crippen molar-refractivity contribution in [2.75, 3.05) is 13.2 Å². The number of carbonyl (C=O) groups excluding carboxylic acids is 1. The molecule has 21 heavy (non-hydrogen) atoms. The fourth-order valence-corrected chi connectivity index (χ4v) is 1.79. The Labute approximate surface area is 128 Å². The third kappa shape index (κ3) is 13.6. The Morgan fingerprint density at radius 2 is 1.62 bits per heavy atom. The first kappa shape index (κ1) is 19.8. The monoisotopic (exact) mass is 298 g/mol. The number of rotatable bonds is 12. The first-order valence-electron chi connectivity index (χ1n) is 7.82. The summed E-state index contributed by atoms with van der Waals surface area (Å²) >= 11 is 0. The fraction of sp³-hybridized carbons (Fsp3) is 0.765. The van der Waals surface area contributed by atoms with Crippen LogP contribution >= 0.6 is 0 Å². The van der Waals surface area contributed by atoms with E-state index >= 15 is 0 Å². The van der Waals surface area contributed by atoms with Crippen LogP contribution in [0.15, 0.2) is 12.2 Å². The van der Waals surface area contributed by atoms with E-state index in [1.54, 1.807) is 0 Å². The molecular weight excluding hydrogens is 268 g/mol. The molecule has 0 heterocycles. The summed E-state index contributed by atoms with van der Waals surface area (Å²) in [6, 6.07) is 0. The van der Waals surface area contributed by atoms with Gasteiger partial charge in [-0.1, -0.05) is 39.3 Å². The van der Waals surface area contributed by atoms with Crippen LogP contribution in [0.4, 0.5) is 0 Å². The van der Waals surface area contributed by atoms with Crippen molar-refractivity contribution in [3.63, 3.8) is 0 Å². The number of hydrogen-bond donors (Lipinski definition) is 1. The van der Waals surface area contributed by atoms with Gasteiger partial charge in [0.1, 0.15) is 12.4 Å². The number of allylic oxidation sites excluding steroid dienone is 2. The van der Waals surface area contributed by atoms with Crippen molar-refractivity contribution in [1.82, 2.24) is 0 Å². The van der Waals surface area contributed by atoms with Crippen LogP contribution < -0.4 is 0 Å². The lowest BCUT2D eigenvalue weighted by atomic mass is 9.88. The minimum Gasteiger partial charge on any atom is -0.480 e. The number of unbranched alkanes of at least 4 members (excludes halogenated alkanes) is 4. The molecule has 0 atom stereocenters. The molecule has 122 valence electrons. The van der Waals surface area contributed by atoms with Gasteiger partial charge in [-0.3, -0.25) is 4.79 Å². The summed E-state index contributed by atoms with van der Waals surface area (Å²) in [6.45, 7) is 6.21. The molecule has 0 unspecified atom stereocenters. The molecule has 0 spiro atoms. The van der Waals surface area contributed by atoms with Crippen LogP contribution in [-0.4, -0.2) is 30.1 Å². The van der Waals surface area contributed by atoms with Gasteiger partial charge in [-0.05, 0) is 32.1 Å². The summed E-state index contributed by atoms with van der Waals surface area (Å²) in [4.78, 5) is 21.9. The summed E-state index contributed by atoms with van der Waals surface area (Å²) in [6.07, 6.45) is 10.9. The van der Waals surface area contributed by atoms with Gasteiger partial charge in [0, 0.05) is 18.4 Å². The maximum Gasteiger partial charge on any atom is 0.329 e. The van der Waals surface area contributed by atoms with Crippen molar-refractivity contribution in [2.45, 2.75) is 65.7 Å². The van der Waals surface area contributed by atoms with E-state index in [1.165, 1.54) is 0 Å². The first-order valence-corrected chi connectivity index (χ1v) is 7.82. The summed E-state index contributed by atoms with van der Waals surface area (Å²) in [7, 11) is 0. The quantitative estimate of drug-likeness (QED) is 0.437. The minimum atomic E-state index is -0.914. The first-order chi connectivity index (χ1) is 9.84. The second kappa shape index (κ2) is 11.5. The molecule has 0 aromatic heterocycles. The number of carboxylic acid groups (broad SMARTS) is 1. The van der Waals surface area contributed by atoms with Gasteiger partial charge in [0.25, 0.3) is 0 Å². The fourth-order valence-electron chi connectivity index (χ4n) is 1.79. The Kier molecular flexibility index (Phi) is 10.9. The van der Waals surface area contributed by atoms with Crippen LogP contribution in [0.1, 0.15) is 65.7 Å². The second-order valence-corrected chi connectivity index (χ2v) is 6.33. The van der Waals surface area contributed by atoms with Gasteiger partial charge in [-0.15, -0.1) is 0 Å². The molecule has 0 bridgehead atoms. The highest BCUT2D eigenvalue weighted by Crippen LogP contribution is 2.18. The predicted octanol–water partition coefficient (Wildman–Crippen LogP) is 3.99. The zero-order chi connectivity index (χ0) is 16.1. The molecule has 0 saturated heterocycles. The molecule has 0 aliphatic heterocycles. The Balaban J connectivity index is 3.34. The Hall–Kier alpha value is -1.16. The Morgan fingerprint density at radius 3 is 2.19 bits per heavy atom. The third-order valence-electron chi connectivity index (χ3n) is 3.16. The molecule has 1 N–H and O–H groups in total. The van der Waals surface area contributed by atoms with E-state index in [9.17, 15) is 9.59 Å². The van der Waals surface area contributed by atoms with Gasteiger partial charge in [0.15, 0.2) is 0 Å². The van der Waals surface area contributed by atoms with E-state index < -0.39 is 5.97 Å². The van der Waals surface area contributed by atoms with E-state index in [0.717, 1.165) is 38.5 Å². The molecule has 0 aliphatic carbocycles. The topological polar surface area (TPSA) is 63.6 Å². The van der Waals surface area contributed by atoms with E-state index in [0.29, 0.717) is 18.8 Å². The molecule has 0 amide bonds. The lowest BCUT2D eigenvalue weighted by Crippen LogP contribution is -2.19. The van der Waals surface area contributed by atoms with Gasteiger partial charge < -0.3 is 9.84 Å². The van der Waals surface area contributed by atoms with Crippen LogP contribution in [0.25, 0.3) is 0 Å². The van der Waals surface area contributed by atoms with Crippen LogP contribution in [-0.2, 0) is 14.3 Å². The zero-order valence-electron chi connectivity index (χ0n) is 13.7. The highest BCUT2D eigenvalue weighted by atomic mass is 16.5. The third-order valence-corrected chi connectivity index (χ3v) is 3.16. The van der Waals surface area contributed by atoms with E-state index in [2.05, 4.69) is 12.2 Å². The minimum absolute atomic E-state index is 0.201. The summed E-state index contributed by atoms with van der Waals surface area (Å²) in [5.74, 6) is -0.583. The van der Waals surface area contributed by atoms with E-state index in [-0.39, 0.29) is 12.0 Å². The molecular formula is C17H30O4. The number of ketones is 1. The lowest BCUT2D eigenvalue weighted by molar-refractivity contribution is -0.142. The average molecular weight is 298 g/mol. The molecule has 0 aromatic carbocycles. The number of ether oxygens (including phenoxy) is 1.